The zero-order chi connectivity index (χ0) is 19.8. The van der Waals surface area contributed by atoms with Crippen molar-refractivity contribution in [3.8, 4) is 11.1 Å². The summed E-state index contributed by atoms with van der Waals surface area (Å²) in [5, 5.41) is 1.27. The van der Waals surface area contributed by atoms with Gasteiger partial charge in [-0.2, -0.15) is 0 Å². The van der Waals surface area contributed by atoms with Crippen molar-refractivity contribution >= 4 is 29.8 Å². The van der Waals surface area contributed by atoms with Crippen LogP contribution in [0.15, 0.2) is 54.5 Å². The number of carbonyl (C=O) groups excluding carboxylic acids is 1. The van der Waals surface area contributed by atoms with Gasteiger partial charge in [0.05, 0.1) is 14.9 Å². The molecule has 0 N–H and O–H groups in total. The van der Waals surface area contributed by atoms with Crippen molar-refractivity contribution < 1.29 is 11.6 Å². The van der Waals surface area contributed by atoms with Crippen LogP contribution >= 0.6 is 0 Å². The Morgan fingerprint density at radius 3 is 2.36 bits per heavy atom. The molecule has 2 heteroatoms. The quantitative estimate of drug-likeness (QED) is 0.470. The number of fused-ring (bicyclic) bond motifs is 4. The van der Waals surface area contributed by atoms with Crippen LogP contribution in [0.4, 0.5) is 0 Å². The fraction of sp³-hybridized carbons (Fsp3) is 0.150. The average molecular weight is 307 g/mol. The van der Waals surface area contributed by atoms with E-state index in [9.17, 15) is 4.79 Å². The summed E-state index contributed by atoms with van der Waals surface area (Å²) in [6, 6.07) is 6.11. The predicted molar refractivity (Wildman–Crippen MR) is 95.8 cm³/mol. The first-order valence-corrected chi connectivity index (χ1v) is 10.8. The Balaban J connectivity index is 2.38. The minimum atomic E-state index is -2.21. The molecule has 0 bridgehead atoms. The molecule has 0 fully saturated rings. The second-order valence-corrected chi connectivity index (χ2v) is 11.6. The van der Waals surface area contributed by atoms with Crippen LogP contribution in [0, 0.1) is 0 Å². The highest BCUT2D eigenvalue weighted by atomic mass is 28.3. The second kappa shape index (κ2) is 4.40. The number of carbonyl (C=O) groups is 1. The summed E-state index contributed by atoms with van der Waals surface area (Å²) >= 11 is 0. The van der Waals surface area contributed by atoms with Gasteiger partial charge in [0, 0.05) is 11.1 Å². The molecule has 22 heavy (non-hydrogen) atoms. The molecule has 0 saturated heterocycles. The SMILES string of the molecule is [2H]c1c([2H])c([2H])c2c([Si](C)(C)C)c3c(c([2H])c2c1[2H])-c1ccccc1C3=O. The molecular formula is C20H18OSi. The first kappa shape index (κ1) is 9.06. The summed E-state index contributed by atoms with van der Waals surface area (Å²) in [4.78, 5) is 13.2. The van der Waals surface area contributed by atoms with Gasteiger partial charge in [0.1, 0.15) is 0 Å². The van der Waals surface area contributed by atoms with Gasteiger partial charge in [-0.05, 0) is 33.1 Å². The molecule has 0 saturated carbocycles. The van der Waals surface area contributed by atoms with Crippen molar-refractivity contribution in [2.24, 2.45) is 0 Å². The maximum absolute atomic E-state index is 13.2. The van der Waals surface area contributed by atoms with E-state index in [2.05, 4.69) is 19.6 Å². The van der Waals surface area contributed by atoms with Crippen LogP contribution < -0.4 is 5.19 Å². The van der Waals surface area contributed by atoms with Crippen molar-refractivity contribution in [1.82, 2.24) is 0 Å². The Kier molecular flexibility index (Phi) is 1.81. The van der Waals surface area contributed by atoms with Crippen molar-refractivity contribution in [3.63, 3.8) is 0 Å². The molecule has 4 rings (SSSR count). The van der Waals surface area contributed by atoms with Gasteiger partial charge in [-0.15, -0.1) is 0 Å². The summed E-state index contributed by atoms with van der Waals surface area (Å²) < 4.78 is 41.7. The van der Waals surface area contributed by atoms with Gasteiger partial charge in [-0.25, -0.2) is 0 Å². The number of ketones is 1. The zero-order valence-corrected chi connectivity index (χ0v) is 13.7. The van der Waals surface area contributed by atoms with E-state index in [4.69, 9.17) is 6.85 Å². The average Bonchev–Trinajstić information content (AvgIpc) is 2.90. The van der Waals surface area contributed by atoms with E-state index in [1.165, 1.54) is 0 Å². The van der Waals surface area contributed by atoms with E-state index >= 15 is 0 Å². The third-order valence-corrected chi connectivity index (χ3v) is 6.11. The van der Waals surface area contributed by atoms with Crippen molar-refractivity contribution in [3.05, 3.63) is 65.6 Å². The van der Waals surface area contributed by atoms with Gasteiger partial charge >= 0.3 is 0 Å². The van der Waals surface area contributed by atoms with Crippen LogP contribution in [-0.4, -0.2) is 13.9 Å². The molecule has 1 nitrogen and oxygen atoms in total. The van der Waals surface area contributed by atoms with Crippen molar-refractivity contribution in [2.45, 2.75) is 19.6 Å². The molecule has 0 radical (unpaired) electrons. The van der Waals surface area contributed by atoms with E-state index < -0.39 is 8.07 Å². The fourth-order valence-electron chi connectivity index (χ4n) is 3.24. The molecule has 0 heterocycles. The molecule has 1 aliphatic rings. The summed E-state index contributed by atoms with van der Waals surface area (Å²) in [6.45, 7) is 6.18. The van der Waals surface area contributed by atoms with Crippen LogP contribution in [0.25, 0.3) is 21.9 Å². The lowest BCUT2D eigenvalue weighted by Gasteiger charge is -2.23. The highest BCUT2D eigenvalue weighted by molar-refractivity contribution is 6.91. The minimum absolute atomic E-state index is 0.00676. The van der Waals surface area contributed by atoms with Gasteiger partial charge in [-0.3, -0.25) is 4.79 Å². The van der Waals surface area contributed by atoms with Crippen LogP contribution in [0.2, 0.25) is 19.6 Å². The molecule has 0 atom stereocenters. The van der Waals surface area contributed by atoms with Gasteiger partial charge in [-0.1, -0.05) is 68.1 Å². The number of benzene rings is 3. The topological polar surface area (TPSA) is 17.1 Å². The van der Waals surface area contributed by atoms with Crippen LogP contribution in [0.3, 0.4) is 0 Å². The highest BCUT2D eigenvalue weighted by Gasteiger charge is 2.34. The van der Waals surface area contributed by atoms with E-state index in [0.29, 0.717) is 27.6 Å². The molecule has 0 unspecified atom stereocenters. The van der Waals surface area contributed by atoms with E-state index in [1.54, 1.807) is 12.1 Å². The standard InChI is InChI=1S/C20H18OSi/c1-22(2,3)20-14-9-5-4-8-13(14)12-17-15-10-6-7-11-16(15)19(21)18(17)20/h4-12H,1-3H3/i4D,5D,8D,9D,12D. The van der Waals surface area contributed by atoms with Gasteiger partial charge in [0.25, 0.3) is 0 Å². The maximum atomic E-state index is 13.2. The van der Waals surface area contributed by atoms with Crippen LogP contribution in [0.5, 0.6) is 0 Å². The predicted octanol–water partition coefficient (Wildman–Crippen LogP) is 4.60. The van der Waals surface area contributed by atoms with Crippen molar-refractivity contribution in [1.29, 1.82) is 0 Å². The molecular weight excluding hydrogens is 284 g/mol. The normalized spacial score (nSPS) is 16.5. The lowest BCUT2D eigenvalue weighted by Crippen LogP contribution is -2.41. The smallest absolute Gasteiger partial charge is 0.194 e. The second-order valence-electron chi connectivity index (χ2n) is 6.62. The monoisotopic (exact) mass is 307 g/mol. The molecule has 3 aromatic carbocycles. The Labute approximate surface area is 138 Å². The Morgan fingerprint density at radius 1 is 0.955 bits per heavy atom. The largest absolute Gasteiger partial charge is 0.289 e. The van der Waals surface area contributed by atoms with E-state index in [0.717, 1.165) is 5.19 Å². The summed E-state index contributed by atoms with van der Waals surface area (Å²) in [7, 11) is -2.21. The Bertz CT molecular complexity index is 1180. The van der Waals surface area contributed by atoms with E-state index in [-0.39, 0.29) is 41.4 Å². The Morgan fingerprint density at radius 2 is 1.64 bits per heavy atom. The van der Waals surface area contributed by atoms with Gasteiger partial charge in [0.15, 0.2) is 5.78 Å². The number of hydrogen-bond donors (Lipinski definition) is 0. The lowest BCUT2D eigenvalue weighted by atomic mass is 10.0. The molecule has 0 aliphatic heterocycles. The highest BCUT2D eigenvalue weighted by Crippen LogP contribution is 2.38. The van der Waals surface area contributed by atoms with Crippen LogP contribution in [0.1, 0.15) is 22.8 Å². The van der Waals surface area contributed by atoms with Crippen LogP contribution in [-0.2, 0) is 0 Å². The number of rotatable bonds is 1. The summed E-state index contributed by atoms with van der Waals surface area (Å²) in [5.41, 5.74) is 2.17. The van der Waals surface area contributed by atoms with Gasteiger partial charge < -0.3 is 0 Å². The Hall–Kier alpha value is -2.19. The molecule has 3 aromatic rings. The summed E-state index contributed by atoms with van der Waals surface area (Å²) in [6.07, 6.45) is 0. The molecule has 0 amide bonds. The summed E-state index contributed by atoms with van der Waals surface area (Å²) in [5.74, 6) is -0.152. The first-order valence-electron chi connectivity index (χ1n) is 9.78. The third kappa shape index (κ3) is 1.74. The van der Waals surface area contributed by atoms with Gasteiger partial charge in [0.2, 0.25) is 0 Å². The third-order valence-electron chi connectivity index (χ3n) is 4.11. The first-order chi connectivity index (χ1) is 12.6. The lowest BCUT2D eigenvalue weighted by molar-refractivity contribution is 0.104. The van der Waals surface area contributed by atoms with Crippen molar-refractivity contribution in [2.75, 3.05) is 0 Å². The molecule has 0 aromatic heterocycles. The number of hydrogen-bond acceptors (Lipinski definition) is 1. The maximum Gasteiger partial charge on any atom is 0.194 e. The molecule has 1 aliphatic carbocycles. The zero-order valence-electron chi connectivity index (χ0n) is 17.7. The fourth-order valence-corrected chi connectivity index (χ4v) is 5.17. The van der Waals surface area contributed by atoms with E-state index in [1.807, 2.05) is 12.1 Å². The molecule has 0 spiro atoms. The minimum Gasteiger partial charge on any atom is -0.289 e. The molecule has 108 valence electrons.